The second-order valence-corrected chi connectivity index (χ2v) is 6.64. The summed E-state index contributed by atoms with van der Waals surface area (Å²) in [6.07, 6.45) is 2.91. The number of amides is 1. The number of aromatic nitrogens is 1. The van der Waals surface area contributed by atoms with E-state index in [2.05, 4.69) is 5.16 Å². The Kier molecular flexibility index (Phi) is 4.34. The lowest BCUT2D eigenvalue weighted by Gasteiger charge is -2.31. The van der Waals surface area contributed by atoms with Crippen LogP contribution in [0.15, 0.2) is 34.9 Å². The van der Waals surface area contributed by atoms with Crippen molar-refractivity contribution in [3.63, 3.8) is 0 Å². The normalized spacial score (nSPS) is 18.8. The molecule has 1 aromatic carbocycles. The summed E-state index contributed by atoms with van der Waals surface area (Å²) < 4.78 is 17.1. The number of rotatable bonds is 6. The molecule has 1 atom stereocenters. The zero-order chi connectivity index (χ0) is 17.2. The molecule has 1 saturated carbocycles. The van der Waals surface area contributed by atoms with Gasteiger partial charge in [-0.2, -0.15) is 0 Å². The van der Waals surface area contributed by atoms with Crippen molar-refractivity contribution in [3.05, 3.63) is 41.8 Å². The Balaban J connectivity index is 1.44. The zero-order valence-electron chi connectivity index (χ0n) is 14.3. The highest BCUT2D eigenvalue weighted by molar-refractivity contribution is 5.92. The molecule has 4 rings (SSSR count). The van der Waals surface area contributed by atoms with E-state index in [-0.39, 0.29) is 12.0 Å². The third kappa shape index (κ3) is 3.48. The fraction of sp³-hybridized carbons (Fsp3) is 0.474. The highest BCUT2D eigenvalue weighted by Gasteiger charge is 2.31. The van der Waals surface area contributed by atoms with Gasteiger partial charge in [-0.15, -0.1) is 0 Å². The molecular weight excluding hydrogens is 320 g/mol. The third-order valence-corrected chi connectivity index (χ3v) is 4.50. The molecule has 2 aliphatic rings. The fourth-order valence-electron chi connectivity index (χ4n) is 3.06. The van der Waals surface area contributed by atoms with Crippen LogP contribution in [0.4, 0.5) is 0 Å². The number of fused-ring (bicyclic) bond motifs is 1. The van der Waals surface area contributed by atoms with Crippen LogP contribution in [-0.2, 0) is 0 Å². The van der Waals surface area contributed by atoms with Crippen molar-refractivity contribution in [3.8, 4) is 11.5 Å². The summed E-state index contributed by atoms with van der Waals surface area (Å²) in [5, 5.41) is 3.97. The van der Waals surface area contributed by atoms with Crippen molar-refractivity contribution in [2.45, 2.75) is 38.2 Å². The lowest BCUT2D eigenvalue weighted by atomic mass is 10.2. The summed E-state index contributed by atoms with van der Waals surface area (Å²) in [7, 11) is 0. The molecule has 0 radical (unpaired) electrons. The van der Waals surface area contributed by atoms with Crippen LogP contribution in [0.2, 0.25) is 0 Å². The molecule has 2 heterocycles. The number of carbonyl (C=O) groups excluding carboxylic acids is 1. The SMILES string of the molecule is CCCN(C[C@@H]1COc2ccccc2O1)C(=O)c1cc(C2CC2)on1. The van der Waals surface area contributed by atoms with E-state index in [4.69, 9.17) is 14.0 Å². The smallest absolute Gasteiger partial charge is 0.276 e. The number of benzene rings is 1. The molecule has 0 spiro atoms. The van der Waals surface area contributed by atoms with Crippen molar-refractivity contribution in [2.75, 3.05) is 19.7 Å². The van der Waals surface area contributed by atoms with Gasteiger partial charge in [0.1, 0.15) is 12.4 Å². The van der Waals surface area contributed by atoms with Gasteiger partial charge in [0.05, 0.1) is 6.54 Å². The first-order chi connectivity index (χ1) is 12.2. The van der Waals surface area contributed by atoms with Gasteiger partial charge in [-0.1, -0.05) is 24.2 Å². The van der Waals surface area contributed by atoms with Gasteiger partial charge in [0.15, 0.2) is 23.3 Å². The molecule has 132 valence electrons. The minimum Gasteiger partial charge on any atom is -0.486 e. The van der Waals surface area contributed by atoms with E-state index >= 15 is 0 Å². The summed E-state index contributed by atoms with van der Waals surface area (Å²) in [4.78, 5) is 14.6. The maximum atomic E-state index is 12.8. The quantitative estimate of drug-likeness (QED) is 0.806. The second kappa shape index (κ2) is 6.78. The molecule has 6 nitrogen and oxygen atoms in total. The molecule has 25 heavy (non-hydrogen) atoms. The average molecular weight is 342 g/mol. The van der Waals surface area contributed by atoms with Crippen molar-refractivity contribution in [1.29, 1.82) is 0 Å². The van der Waals surface area contributed by atoms with E-state index in [1.54, 1.807) is 11.0 Å². The van der Waals surface area contributed by atoms with Crippen molar-refractivity contribution in [1.82, 2.24) is 10.1 Å². The molecule has 1 aromatic heterocycles. The van der Waals surface area contributed by atoms with E-state index in [1.807, 2.05) is 31.2 Å². The molecule has 2 aromatic rings. The predicted molar refractivity (Wildman–Crippen MR) is 91.0 cm³/mol. The molecule has 0 N–H and O–H groups in total. The number of hydrogen-bond donors (Lipinski definition) is 0. The molecule has 1 aliphatic heterocycles. The van der Waals surface area contributed by atoms with Crippen molar-refractivity contribution >= 4 is 5.91 Å². The summed E-state index contributed by atoms with van der Waals surface area (Å²) in [6.45, 7) is 3.58. The van der Waals surface area contributed by atoms with Crippen LogP contribution in [0.5, 0.6) is 11.5 Å². The maximum Gasteiger partial charge on any atom is 0.276 e. The Hall–Kier alpha value is -2.50. The number of nitrogens with zero attached hydrogens (tertiary/aromatic N) is 2. The number of hydrogen-bond acceptors (Lipinski definition) is 5. The van der Waals surface area contributed by atoms with Gasteiger partial charge in [-0.3, -0.25) is 4.79 Å². The monoisotopic (exact) mass is 342 g/mol. The minimum atomic E-state index is -0.194. The summed E-state index contributed by atoms with van der Waals surface area (Å²) in [6, 6.07) is 9.38. The van der Waals surface area contributed by atoms with Crippen molar-refractivity contribution < 1.29 is 18.8 Å². The lowest BCUT2D eigenvalue weighted by molar-refractivity contribution is 0.0456. The van der Waals surface area contributed by atoms with Gasteiger partial charge < -0.3 is 18.9 Å². The zero-order valence-corrected chi connectivity index (χ0v) is 14.3. The minimum absolute atomic E-state index is 0.111. The van der Waals surface area contributed by atoms with Crippen LogP contribution in [0.25, 0.3) is 0 Å². The van der Waals surface area contributed by atoms with Crippen LogP contribution >= 0.6 is 0 Å². The number of ether oxygens (including phenoxy) is 2. The maximum absolute atomic E-state index is 12.8. The molecule has 1 fully saturated rings. The summed E-state index contributed by atoms with van der Waals surface area (Å²) >= 11 is 0. The largest absolute Gasteiger partial charge is 0.486 e. The van der Waals surface area contributed by atoms with Crippen LogP contribution in [0, 0.1) is 0 Å². The predicted octanol–water partition coefficient (Wildman–Crippen LogP) is 3.24. The first-order valence-corrected chi connectivity index (χ1v) is 8.89. The Morgan fingerprint density at radius 2 is 2.08 bits per heavy atom. The van der Waals surface area contributed by atoms with Gasteiger partial charge in [-0.05, 0) is 31.4 Å². The molecular formula is C19H22N2O4. The standard InChI is InChI=1S/C19H22N2O4/c1-2-9-21(19(22)15-10-18(25-20-15)13-7-8-13)11-14-12-23-16-5-3-4-6-17(16)24-14/h3-6,10,13-14H,2,7-9,11-12H2,1H3/t14-/m1/s1. The fourth-order valence-corrected chi connectivity index (χ4v) is 3.06. The first-order valence-electron chi connectivity index (χ1n) is 8.89. The van der Waals surface area contributed by atoms with Gasteiger partial charge >= 0.3 is 0 Å². The van der Waals surface area contributed by atoms with Gasteiger partial charge in [0, 0.05) is 18.5 Å². The average Bonchev–Trinajstić information content (AvgIpc) is 3.37. The Morgan fingerprint density at radius 1 is 1.28 bits per heavy atom. The molecule has 0 bridgehead atoms. The molecule has 1 amide bonds. The Bertz CT molecular complexity index is 753. The molecule has 1 aliphatic carbocycles. The molecule has 6 heteroatoms. The van der Waals surface area contributed by atoms with Crippen LogP contribution < -0.4 is 9.47 Å². The van der Waals surface area contributed by atoms with Gasteiger partial charge in [-0.25, -0.2) is 0 Å². The molecule has 0 unspecified atom stereocenters. The van der Waals surface area contributed by atoms with Crippen LogP contribution in [-0.4, -0.2) is 41.8 Å². The number of para-hydroxylation sites is 2. The highest BCUT2D eigenvalue weighted by atomic mass is 16.6. The first kappa shape index (κ1) is 16.0. The third-order valence-electron chi connectivity index (χ3n) is 4.50. The van der Waals surface area contributed by atoms with E-state index < -0.39 is 0 Å². The van der Waals surface area contributed by atoms with E-state index in [0.29, 0.717) is 31.3 Å². The van der Waals surface area contributed by atoms with Gasteiger partial charge in [0.2, 0.25) is 0 Å². The van der Waals surface area contributed by atoms with E-state index in [9.17, 15) is 4.79 Å². The summed E-state index contributed by atoms with van der Waals surface area (Å²) in [5.41, 5.74) is 0.382. The number of carbonyl (C=O) groups is 1. The van der Waals surface area contributed by atoms with E-state index in [1.165, 1.54) is 0 Å². The topological polar surface area (TPSA) is 64.8 Å². The highest BCUT2D eigenvalue weighted by Crippen LogP contribution is 2.40. The second-order valence-electron chi connectivity index (χ2n) is 6.64. The van der Waals surface area contributed by atoms with Crippen LogP contribution in [0.3, 0.4) is 0 Å². The van der Waals surface area contributed by atoms with Crippen LogP contribution in [0.1, 0.15) is 48.4 Å². The lowest BCUT2D eigenvalue weighted by Crippen LogP contribution is -2.44. The Morgan fingerprint density at radius 3 is 2.84 bits per heavy atom. The van der Waals surface area contributed by atoms with Gasteiger partial charge in [0.25, 0.3) is 5.91 Å². The van der Waals surface area contributed by atoms with E-state index in [0.717, 1.165) is 36.5 Å². The molecule has 0 saturated heterocycles. The summed E-state index contributed by atoms with van der Waals surface area (Å²) in [5.74, 6) is 2.63. The Labute approximate surface area is 146 Å². The van der Waals surface area contributed by atoms with Crippen molar-refractivity contribution in [2.24, 2.45) is 0 Å².